The quantitative estimate of drug-likeness (QED) is 0.274. The highest BCUT2D eigenvalue weighted by Gasteiger charge is 2.28. The smallest absolute Gasteiger partial charge is 0.303 e. The van der Waals surface area contributed by atoms with Crippen LogP contribution in [0.5, 0.6) is 0 Å². The molecule has 0 saturated heterocycles. The lowest BCUT2D eigenvalue weighted by molar-refractivity contribution is -0.142. The highest BCUT2D eigenvalue weighted by atomic mass is 16.4. The van der Waals surface area contributed by atoms with E-state index in [-0.39, 0.29) is 18.6 Å². The monoisotopic (exact) mass is 296 g/mol. The van der Waals surface area contributed by atoms with Crippen LogP contribution in [0.15, 0.2) is 0 Å². The molecule has 9 nitrogen and oxygen atoms in total. The molecule has 118 valence electrons. The Balaban J connectivity index is 0. The van der Waals surface area contributed by atoms with Gasteiger partial charge in [0.05, 0.1) is 13.0 Å². The van der Waals surface area contributed by atoms with Gasteiger partial charge >= 0.3 is 5.97 Å². The Labute approximate surface area is 115 Å². The molecule has 0 heterocycles. The summed E-state index contributed by atoms with van der Waals surface area (Å²) in [7, 11) is 0. The second-order valence-corrected chi connectivity index (χ2v) is 3.91. The summed E-state index contributed by atoms with van der Waals surface area (Å²) in [4.78, 5) is 30.4. The maximum absolute atomic E-state index is 10.5. The molecule has 3 unspecified atom stereocenters. The van der Waals surface area contributed by atoms with Crippen LogP contribution in [0, 0.1) is 0 Å². The van der Waals surface area contributed by atoms with E-state index in [1.807, 2.05) is 0 Å². The van der Waals surface area contributed by atoms with E-state index < -0.39 is 43.3 Å². The van der Waals surface area contributed by atoms with E-state index >= 15 is 0 Å². The zero-order valence-corrected chi connectivity index (χ0v) is 11.0. The Morgan fingerprint density at radius 1 is 1.00 bits per heavy atom. The number of rotatable bonds is 8. The van der Waals surface area contributed by atoms with Crippen molar-refractivity contribution in [2.45, 2.75) is 38.1 Å². The first kappa shape index (κ1) is 20.9. The fraction of sp³-hybridized carbons (Fsp3) is 0.727. The molecule has 0 spiro atoms. The second kappa shape index (κ2) is 11.4. The number of carboxylic acids is 1. The van der Waals surface area contributed by atoms with Crippen molar-refractivity contribution in [3.8, 4) is 0 Å². The normalized spacial score (nSPS) is 14.5. The Morgan fingerprint density at radius 2 is 1.50 bits per heavy atom. The van der Waals surface area contributed by atoms with Gasteiger partial charge in [0, 0.05) is 6.42 Å². The van der Waals surface area contributed by atoms with Crippen LogP contribution >= 0.6 is 0 Å². The maximum Gasteiger partial charge on any atom is 0.303 e. The van der Waals surface area contributed by atoms with Crippen LogP contribution in [0.1, 0.15) is 19.8 Å². The highest BCUT2D eigenvalue weighted by molar-refractivity contribution is 5.84. The lowest BCUT2D eigenvalue weighted by Crippen LogP contribution is -2.44. The van der Waals surface area contributed by atoms with Gasteiger partial charge in [-0.25, -0.2) is 0 Å². The van der Waals surface area contributed by atoms with Crippen molar-refractivity contribution in [3.05, 3.63) is 0 Å². The summed E-state index contributed by atoms with van der Waals surface area (Å²) in [5.74, 6) is -2.00. The molecule has 0 radical (unpaired) electrons. The van der Waals surface area contributed by atoms with Gasteiger partial charge in [0.2, 0.25) is 0 Å². The van der Waals surface area contributed by atoms with E-state index in [1.165, 1.54) is 6.92 Å². The first-order chi connectivity index (χ1) is 9.17. The van der Waals surface area contributed by atoms with Crippen LogP contribution in [0.2, 0.25) is 0 Å². The summed E-state index contributed by atoms with van der Waals surface area (Å²) < 4.78 is 0. The van der Waals surface area contributed by atoms with Crippen LogP contribution in [-0.2, 0) is 14.4 Å². The highest BCUT2D eigenvalue weighted by Crippen LogP contribution is 2.00. The van der Waals surface area contributed by atoms with Crippen LogP contribution in [-0.4, -0.2) is 79.7 Å². The van der Waals surface area contributed by atoms with Crippen molar-refractivity contribution in [1.29, 1.82) is 0 Å². The number of aliphatic carboxylic acids is 1. The van der Waals surface area contributed by atoms with E-state index in [1.54, 1.807) is 0 Å². The molecule has 0 aromatic rings. The molecule has 6 N–H and O–H groups in total. The number of carboxylic acid groups (broad SMARTS) is 1. The minimum absolute atomic E-state index is 0.0463. The summed E-state index contributed by atoms with van der Waals surface area (Å²) in [5.41, 5.74) is 0. The number of Topliss-reactive ketones (excluding diaryl/α,β-unsaturated/α-hetero) is 2. The van der Waals surface area contributed by atoms with Gasteiger partial charge < -0.3 is 35.4 Å². The maximum atomic E-state index is 10.5. The minimum atomic E-state index is -1.86. The van der Waals surface area contributed by atoms with Crippen molar-refractivity contribution in [2.24, 2.45) is 0 Å². The zero-order valence-electron chi connectivity index (χ0n) is 11.0. The summed E-state index contributed by atoms with van der Waals surface area (Å²) >= 11 is 0. The first-order valence-corrected chi connectivity index (χ1v) is 5.67. The van der Waals surface area contributed by atoms with Gasteiger partial charge in [0.1, 0.15) is 30.7 Å². The Bertz CT molecular complexity index is 301. The predicted molar refractivity (Wildman–Crippen MR) is 64.7 cm³/mol. The number of hydrogen-bond donors (Lipinski definition) is 6. The van der Waals surface area contributed by atoms with Crippen molar-refractivity contribution in [1.82, 2.24) is 0 Å². The van der Waals surface area contributed by atoms with E-state index in [2.05, 4.69) is 0 Å². The third-order valence-corrected chi connectivity index (χ3v) is 2.08. The lowest BCUT2D eigenvalue weighted by Gasteiger charge is -2.19. The third kappa shape index (κ3) is 10.5. The predicted octanol–water partition coefficient (Wildman–Crippen LogP) is -2.94. The first-order valence-electron chi connectivity index (χ1n) is 5.67. The average molecular weight is 296 g/mol. The van der Waals surface area contributed by atoms with Crippen LogP contribution in [0.3, 0.4) is 0 Å². The Hall–Kier alpha value is -1.39. The van der Waals surface area contributed by atoms with E-state index in [0.717, 1.165) is 0 Å². The van der Waals surface area contributed by atoms with Gasteiger partial charge in [0.25, 0.3) is 0 Å². The molecule has 9 heteroatoms. The van der Waals surface area contributed by atoms with Crippen LogP contribution < -0.4 is 0 Å². The number of aliphatic hydroxyl groups excluding tert-OH is 5. The van der Waals surface area contributed by atoms with Crippen LogP contribution in [0.25, 0.3) is 0 Å². The van der Waals surface area contributed by atoms with Gasteiger partial charge in [-0.3, -0.25) is 9.59 Å². The van der Waals surface area contributed by atoms with Gasteiger partial charge in [-0.15, -0.1) is 0 Å². The number of carbonyl (C=O) groups excluding carboxylic acids is 2. The van der Waals surface area contributed by atoms with Gasteiger partial charge in [0.15, 0.2) is 5.78 Å². The van der Waals surface area contributed by atoms with Crippen molar-refractivity contribution in [3.63, 3.8) is 0 Å². The Morgan fingerprint density at radius 3 is 1.75 bits per heavy atom. The molecule has 0 aliphatic heterocycles. The molecule has 0 aliphatic carbocycles. The van der Waals surface area contributed by atoms with Gasteiger partial charge in [-0.05, 0) is 6.92 Å². The molecule has 0 fully saturated rings. The molecular weight excluding hydrogens is 276 g/mol. The molecule has 0 aromatic heterocycles. The second-order valence-electron chi connectivity index (χ2n) is 3.91. The largest absolute Gasteiger partial charge is 0.481 e. The van der Waals surface area contributed by atoms with Crippen molar-refractivity contribution in [2.75, 3.05) is 13.2 Å². The molecule has 20 heavy (non-hydrogen) atoms. The summed E-state index contributed by atoms with van der Waals surface area (Å²) in [6.07, 6.45) is -5.12. The van der Waals surface area contributed by atoms with E-state index in [9.17, 15) is 14.4 Å². The topological polar surface area (TPSA) is 173 Å². The van der Waals surface area contributed by atoms with Crippen molar-refractivity contribution >= 4 is 17.5 Å². The average Bonchev–Trinajstić information content (AvgIpc) is 2.42. The zero-order chi connectivity index (χ0) is 16.3. The molecule has 0 aromatic carbocycles. The third-order valence-electron chi connectivity index (χ3n) is 2.08. The molecular formula is C11H20O9. The van der Waals surface area contributed by atoms with Crippen LogP contribution in [0.4, 0.5) is 0 Å². The van der Waals surface area contributed by atoms with Gasteiger partial charge in [-0.2, -0.15) is 0 Å². The summed E-state index contributed by atoms with van der Waals surface area (Å²) in [5, 5.41) is 51.1. The lowest BCUT2D eigenvalue weighted by atomic mass is 10.1. The molecule has 0 bridgehead atoms. The fourth-order valence-electron chi connectivity index (χ4n) is 0.885. The number of aliphatic hydroxyl groups is 5. The van der Waals surface area contributed by atoms with E-state index in [4.69, 9.17) is 30.6 Å². The minimum Gasteiger partial charge on any atom is -0.481 e. The molecule has 0 saturated carbocycles. The summed E-state index contributed by atoms with van der Waals surface area (Å²) in [6.45, 7) is -0.309. The SMILES string of the molecule is CC(=O)CCC(=O)O.O=C(CO)C(O)C(O)C(O)CO. The molecule has 0 rings (SSSR count). The number of hydrogen-bond acceptors (Lipinski definition) is 8. The molecule has 3 atom stereocenters. The standard InChI is InChI=1S/C6H12O6.C5H8O3/c7-1-3(9)5(11)6(12)4(10)2-8;1-4(6)2-3-5(7)8/h3,5-9,11-12H,1-2H2;2-3H2,1H3,(H,7,8). The molecule has 0 amide bonds. The van der Waals surface area contributed by atoms with Crippen molar-refractivity contribution < 1.29 is 45.0 Å². The number of ketones is 2. The molecule has 0 aliphatic rings. The number of carbonyl (C=O) groups is 3. The Kier molecular flexibility index (Phi) is 12.0. The fourth-order valence-corrected chi connectivity index (χ4v) is 0.885. The van der Waals surface area contributed by atoms with Gasteiger partial charge in [-0.1, -0.05) is 0 Å². The van der Waals surface area contributed by atoms with E-state index in [0.29, 0.717) is 0 Å². The summed E-state index contributed by atoms with van der Waals surface area (Å²) in [6, 6.07) is 0.